The molecular weight excluding hydrogens is 1100 g/mol. The molecule has 506 valence electrons. The Morgan fingerprint density at radius 2 is 0.409 bits per heavy atom. The van der Waals surface area contributed by atoms with Crippen LogP contribution in [0.5, 0.6) is 0 Å². The van der Waals surface area contributed by atoms with Gasteiger partial charge in [0.05, 0.1) is 0 Å². The SMILES string of the molecule is CCCCC/C=C\C/C=C\CCCCCCCC(=O)C(O)(C(=O)CCCCCCC/C=C\C/C=C\CCCCC)[C@@H](O)[C@@H](O)[C@H](O)[C@H](O)C(O)(C(=O)CCCCCCC/C=C\C/C=C\CCCCC)C(=O)CCCCCCC/C=C\C/C=C\CCCCC. The summed E-state index contributed by atoms with van der Waals surface area (Å²) in [5.41, 5.74) is -6.34. The average Bonchev–Trinajstić information content (AvgIpc) is 2.73. The minimum Gasteiger partial charge on any atom is -0.387 e. The molecule has 0 aliphatic heterocycles. The Morgan fingerprint density at radius 1 is 0.250 bits per heavy atom. The van der Waals surface area contributed by atoms with E-state index in [0.29, 0.717) is 51.4 Å². The summed E-state index contributed by atoms with van der Waals surface area (Å²) in [6.45, 7) is 8.81. The van der Waals surface area contributed by atoms with Crippen LogP contribution in [0.25, 0.3) is 0 Å². The van der Waals surface area contributed by atoms with E-state index in [4.69, 9.17) is 0 Å². The Labute approximate surface area is 539 Å². The first-order chi connectivity index (χ1) is 42.8. The van der Waals surface area contributed by atoms with E-state index in [2.05, 4.69) is 125 Å². The number of carbonyl (C=O) groups excluding carboxylic acids is 4. The van der Waals surface area contributed by atoms with Crippen molar-refractivity contribution in [2.75, 3.05) is 0 Å². The second kappa shape index (κ2) is 60.9. The van der Waals surface area contributed by atoms with Crippen molar-refractivity contribution in [2.45, 2.75) is 372 Å². The molecule has 6 N–H and O–H groups in total. The molecule has 0 heterocycles. The van der Waals surface area contributed by atoms with Gasteiger partial charge in [-0.25, -0.2) is 0 Å². The minimum atomic E-state index is -3.17. The zero-order chi connectivity index (χ0) is 64.9. The summed E-state index contributed by atoms with van der Waals surface area (Å²) in [6, 6.07) is 0. The van der Waals surface area contributed by atoms with Crippen LogP contribution in [0.3, 0.4) is 0 Å². The van der Waals surface area contributed by atoms with Crippen LogP contribution < -0.4 is 0 Å². The molecule has 0 spiro atoms. The maximum Gasteiger partial charge on any atom is 0.209 e. The predicted molar refractivity (Wildman–Crippen MR) is 371 cm³/mol. The van der Waals surface area contributed by atoms with Gasteiger partial charge in [0.1, 0.15) is 24.4 Å². The molecule has 88 heavy (non-hydrogen) atoms. The molecule has 0 amide bonds. The van der Waals surface area contributed by atoms with E-state index >= 15 is 0 Å². The van der Waals surface area contributed by atoms with Crippen molar-refractivity contribution in [2.24, 2.45) is 0 Å². The zero-order valence-corrected chi connectivity index (χ0v) is 56.8. The molecule has 10 nitrogen and oxygen atoms in total. The number of hydrogen-bond donors (Lipinski definition) is 6. The lowest BCUT2D eigenvalue weighted by Crippen LogP contribution is -2.67. The quantitative estimate of drug-likeness (QED) is 0.0194. The van der Waals surface area contributed by atoms with Crippen LogP contribution in [-0.4, -0.2) is 89.4 Å². The second-order valence-electron chi connectivity index (χ2n) is 25.0. The van der Waals surface area contributed by atoms with Crippen molar-refractivity contribution < 1.29 is 49.8 Å². The number of aliphatic hydroxyl groups is 6. The van der Waals surface area contributed by atoms with Crippen LogP contribution in [0.1, 0.15) is 336 Å². The van der Waals surface area contributed by atoms with Crippen LogP contribution in [-0.2, 0) is 19.2 Å². The summed E-state index contributed by atoms with van der Waals surface area (Å²) in [7, 11) is 0. The normalized spacial score (nSPS) is 14.2. The van der Waals surface area contributed by atoms with E-state index in [1.165, 1.54) is 77.0 Å². The molecule has 0 saturated heterocycles. The fraction of sp³-hybridized carbons (Fsp3) is 0.744. The molecule has 0 rings (SSSR count). The highest BCUT2D eigenvalue weighted by molar-refractivity contribution is 6.11. The van der Waals surface area contributed by atoms with Crippen LogP contribution in [0.4, 0.5) is 0 Å². The van der Waals surface area contributed by atoms with Crippen molar-refractivity contribution in [1.82, 2.24) is 0 Å². The molecular formula is C78H134O10. The Bertz CT molecular complexity index is 1670. The molecule has 0 unspecified atom stereocenters. The van der Waals surface area contributed by atoms with Gasteiger partial charge in [0.25, 0.3) is 0 Å². The minimum absolute atomic E-state index is 0.292. The molecule has 10 heteroatoms. The summed E-state index contributed by atoms with van der Waals surface area (Å²) < 4.78 is 0. The third kappa shape index (κ3) is 43.2. The van der Waals surface area contributed by atoms with Gasteiger partial charge in [0, 0.05) is 25.7 Å². The van der Waals surface area contributed by atoms with Gasteiger partial charge >= 0.3 is 0 Å². The van der Waals surface area contributed by atoms with Gasteiger partial charge in [0.2, 0.25) is 11.2 Å². The number of carbonyl (C=O) groups is 4. The third-order valence-electron chi connectivity index (χ3n) is 17.0. The highest BCUT2D eigenvalue weighted by Crippen LogP contribution is 2.30. The predicted octanol–water partition coefficient (Wildman–Crippen LogP) is 19.4. The van der Waals surface area contributed by atoms with Crippen molar-refractivity contribution >= 4 is 23.1 Å². The Kier molecular flexibility index (Phi) is 58.4. The fourth-order valence-corrected chi connectivity index (χ4v) is 11.0. The molecule has 0 aromatic rings. The number of ketones is 4. The average molecular weight is 1230 g/mol. The van der Waals surface area contributed by atoms with E-state index in [0.717, 1.165) is 154 Å². The molecule has 0 aliphatic rings. The standard InChI is InChI=1S/C78H134O10/c1-5-9-13-17-21-25-29-33-37-41-45-49-53-57-61-65-69(79)77(87,70(80)66-62-58-54-50-46-42-38-34-30-26-22-18-14-10-6-2)75(85)73(83)74(84)76(86)78(88,71(81)67-63-59-55-51-47-43-39-35-31-27-23-19-15-11-7-3)72(82)68-64-60-56-52-48-44-40-36-32-28-24-20-16-12-8-4/h21-28,33-40,73-76,83-88H,5-20,29-32,41-68H2,1-4H3/b25-21-,26-22-,27-23-,28-24-,37-33-,38-34-,39-35-,40-36-/t73-,74-,75-,76-/m0/s1. The molecule has 0 aromatic heterocycles. The lowest BCUT2D eigenvalue weighted by atomic mass is 9.75. The lowest BCUT2D eigenvalue weighted by molar-refractivity contribution is -0.202. The van der Waals surface area contributed by atoms with Crippen LogP contribution >= 0.6 is 0 Å². The van der Waals surface area contributed by atoms with E-state index in [-0.39, 0.29) is 25.7 Å². The van der Waals surface area contributed by atoms with Gasteiger partial charge in [-0.2, -0.15) is 0 Å². The number of unbranched alkanes of at least 4 members (excludes halogenated alkanes) is 32. The van der Waals surface area contributed by atoms with Gasteiger partial charge < -0.3 is 30.6 Å². The lowest BCUT2D eigenvalue weighted by Gasteiger charge is -2.39. The summed E-state index contributed by atoms with van der Waals surface area (Å²) >= 11 is 0. The van der Waals surface area contributed by atoms with Crippen molar-refractivity contribution in [3.8, 4) is 0 Å². The second-order valence-corrected chi connectivity index (χ2v) is 25.0. The monoisotopic (exact) mass is 1230 g/mol. The first-order valence-corrected chi connectivity index (χ1v) is 36.3. The van der Waals surface area contributed by atoms with E-state index in [1.807, 2.05) is 0 Å². The fourth-order valence-electron chi connectivity index (χ4n) is 11.0. The first-order valence-electron chi connectivity index (χ1n) is 36.3. The van der Waals surface area contributed by atoms with Crippen molar-refractivity contribution in [1.29, 1.82) is 0 Å². The first kappa shape index (κ1) is 84.4. The van der Waals surface area contributed by atoms with E-state index in [1.54, 1.807) is 0 Å². The Morgan fingerprint density at radius 3 is 0.591 bits per heavy atom. The van der Waals surface area contributed by atoms with Gasteiger partial charge in [-0.15, -0.1) is 0 Å². The molecule has 0 aromatic carbocycles. The number of Topliss-reactive ketones (excluding diaryl/α,β-unsaturated/α-hetero) is 4. The third-order valence-corrected chi connectivity index (χ3v) is 17.0. The largest absolute Gasteiger partial charge is 0.387 e. The highest BCUT2D eigenvalue weighted by Gasteiger charge is 2.57. The van der Waals surface area contributed by atoms with Crippen LogP contribution in [0.2, 0.25) is 0 Å². The van der Waals surface area contributed by atoms with E-state index in [9.17, 15) is 49.8 Å². The molecule has 0 saturated carbocycles. The van der Waals surface area contributed by atoms with Gasteiger partial charge in [-0.05, 0) is 154 Å². The molecule has 0 radical (unpaired) electrons. The molecule has 4 atom stereocenters. The number of rotatable bonds is 65. The smallest absolute Gasteiger partial charge is 0.209 e. The van der Waals surface area contributed by atoms with Crippen LogP contribution in [0, 0.1) is 0 Å². The van der Waals surface area contributed by atoms with Crippen LogP contribution in [0.15, 0.2) is 97.2 Å². The van der Waals surface area contributed by atoms with E-state index < -0.39 is 58.8 Å². The highest BCUT2D eigenvalue weighted by atomic mass is 16.4. The van der Waals surface area contributed by atoms with Gasteiger partial charge in [-0.3, -0.25) is 19.2 Å². The maximum absolute atomic E-state index is 14.1. The summed E-state index contributed by atoms with van der Waals surface area (Å²) in [5.74, 6) is -4.10. The molecule has 0 bridgehead atoms. The zero-order valence-electron chi connectivity index (χ0n) is 56.8. The topological polar surface area (TPSA) is 190 Å². The molecule has 0 aliphatic carbocycles. The Hall–Kier alpha value is -3.64. The number of hydrogen-bond acceptors (Lipinski definition) is 10. The maximum atomic E-state index is 14.1. The summed E-state index contributed by atoms with van der Waals surface area (Å²) in [5, 5.41) is 71.2. The van der Waals surface area contributed by atoms with Crippen molar-refractivity contribution in [3.05, 3.63) is 97.2 Å². The summed E-state index contributed by atoms with van der Waals surface area (Å²) in [6.07, 6.45) is 64.5. The number of allylic oxidation sites excluding steroid dienone is 16. The summed E-state index contributed by atoms with van der Waals surface area (Å²) in [4.78, 5) is 56.5. The Balaban J connectivity index is 6.08. The van der Waals surface area contributed by atoms with Gasteiger partial charge in [-0.1, -0.05) is 253 Å². The van der Waals surface area contributed by atoms with Crippen molar-refractivity contribution in [3.63, 3.8) is 0 Å². The van der Waals surface area contributed by atoms with Gasteiger partial charge in [0.15, 0.2) is 23.1 Å². The molecule has 0 fully saturated rings. The number of aliphatic hydroxyl groups excluding tert-OH is 4.